The molecule has 0 radical (unpaired) electrons. The van der Waals surface area contributed by atoms with Gasteiger partial charge in [0.05, 0.1) is 15.7 Å². The predicted octanol–water partition coefficient (Wildman–Crippen LogP) is 4.57. The predicted molar refractivity (Wildman–Crippen MR) is 110 cm³/mol. The molecular formula is C20H24N6S. The molecule has 0 saturated heterocycles. The van der Waals surface area contributed by atoms with Crippen molar-refractivity contribution in [2.24, 2.45) is 11.8 Å². The van der Waals surface area contributed by atoms with Crippen LogP contribution >= 0.6 is 11.3 Å². The van der Waals surface area contributed by atoms with E-state index < -0.39 is 0 Å². The Morgan fingerprint density at radius 3 is 2.15 bits per heavy atom. The lowest BCUT2D eigenvalue weighted by molar-refractivity contribution is 0.676. The fourth-order valence-electron chi connectivity index (χ4n) is 3.46. The van der Waals surface area contributed by atoms with Crippen LogP contribution < -0.4 is 10.6 Å². The van der Waals surface area contributed by atoms with E-state index >= 15 is 0 Å². The van der Waals surface area contributed by atoms with E-state index in [9.17, 15) is 0 Å². The zero-order chi connectivity index (χ0) is 18.4. The van der Waals surface area contributed by atoms with E-state index in [0.29, 0.717) is 29.8 Å². The molecule has 1 aromatic carbocycles. The van der Waals surface area contributed by atoms with E-state index in [1.165, 1.54) is 25.7 Å². The number of aromatic nitrogens is 4. The highest BCUT2D eigenvalue weighted by Crippen LogP contribution is 2.35. The number of fused-ring (bicyclic) bond motifs is 1. The molecule has 140 valence electrons. The van der Waals surface area contributed by atoms with Crippen molar-refractivity contribution >= 4 is 33.5 Å². The summed E-state index contributed by atoms with van der Waals surface area (Å²) < 4.78 is 1.15. The van der Waals surface area contributed by atoms with Gasteiger partial charge in [-0.3, -0.25) is 0 Å². The van der Waals surface area contributed by atoms with E-state index in [2.05, 4.69) is 40.5 Å². The molecule has 2 aliphatic carbocycles. The van der Waals surface area contributed by atoms with Gasteiger partial charge in [0.2, 0.25) is 11.9 Å². The van der Waals surface area contributed by atoms with Crippen molar-refractivity contribution in [2.75, 3.05) is 10.6 Å². The van der Waals surface area contributed by atoms with Crippen molar-refractivity contribution in [1.82, 2.24) is 19.9 Å². The van der Waals surface area contributed by atoms with E-state index in [4.69, 9.17) is 9.97 Å². The maximum absolute atomic E-state index is 4.72. The van der Waals surface area contributed by atoms with Crippen LogP contribution in [-0.4, -0.2) is 32.0 Å². The highest BCUT2D eigenvalue weighted by molar-refractivity contribution is 7.16. The van der Waals surface area contributed by atoms with Crippen LogP contribution in [0.15, 0.2) is 23.7 Å². The average Bonchev–Trinajstić information content (AvgIpc) is 3.57. The first-order chi connectivity index (χ1) is 13.2. The Morgan fingerprint density at radius 1 is 0.926 bits per heavy atom. The summed E-state index contributed by atoms with van der Waals surface area (Å²) in [6.45, 7) is 4.43. The van der Waals surface area contributed by atoms with Gasteiger partial charge in [0.25, 0.3) is 0 Å². The lowest BCUT2D eigenvalue weighted by Crippen LogP contribution is -2.22. The summed E-state index contributed by atoms with van der Waals surface area (Å²) in [5.74, 6) is 3.50. The quantitative estimate of drug-likeness (QED) is 0.625. The second-order valence-corrected chi connectivity index (χ2v) is 8.77. The Labute approximate surface area is 162 Å². The Balaban J connectivity index is 1.49. The summed E-state index contributed by atoms with van der Waals surface area (Å²) in [6.07, 6.45) is 5.16. The number of anilines is 2. The molecule has 0 spiro atoms. The molecule has 0 unspecified atom stereocenters. The van der Waals surface area contributed by atoms with Gasteiger partial charge in [-0.15, -0.1) is 11.3 Å². The SMILES string of the molecule is C[C@@H](Nc1nc(N[C@H](C)C2CC2)nc(-c2ccc3ncsc3c2)n1)C1CC1. The first kappa shape index (κ1) is 16.9. The number of benzene rings is 1. The second kappa shape index (κ2) is 6.71. The van der Waals surface area contributed by atoms with E-state index in [1.54, 1.807) is 11.3 Å². The summed E-state index contributed by atoms with van der Waals surface area (Å²) in [5.41, 5.74) is 3.88. The first-order valence-electron chi connectivity index (χ1n) is 9.78. The van der Waals surface area contributed by atoms with Crippen molar-refractivity contribution < 1.29 is 0 Å². The Bertz CT molecular complexity index is 924. The zero-order valence-corrected chi connectivity index (χ0v) is 16.5. The molecule has 7 heteroatoms. The Hall–Kier alpha value is -2.28. The van der Waals surface area contributed by atoms with E-state index in [0.717, 1.165) is 27.6 Å². The minimum absolute atomic E-state index is 0.387. The van der Waals surface area contributed by atoms with Gasteiger partial charge in [-0.25, -0.2) is 4.98 Å². The molecule has 2 heterocycles. The van der Waals surface area contributed by atoms with Crippen LogP contribution in [0, 0.1) is 11.8 Å². The second-order valence-electron chi connectivity index (χ2n) is 7.88. The Morgan fingerprint density at radius 2 is 1.56 bits per heavy atom. The summed E-state index contributed by atoms with van der Waals surface area (Å²) in [7, 11) is 0. The molecule has 2 saturated carbocycles. The van der Waals surface area contributed by atoms with Crippen molar-refractivity contribution in [3.05, 3.63) is 23.7 Å². The van der Waals surface area contributed by atoms with Crippen LogP contribution in [0.25, 0.3) is 21.6 Å². The summed E-state index contributed by atoms with van der Waals surface area (Å²) in [6, 6.07) is 6.96. The fraction of sp³-hybridized carbons (Fsp3) is 0.500. The van der Waals surface area contributed by atoms with E-state index in [-0.39, 0.29) is 0 Å². The summed E-state index contributed by atoms with van der Waals surface area (Å²) in [4.78, 5) is 18.5. The molecule has 0 bridgehead atoms. The lowest BCUT2D eigenvalue weighted by Gasteiger charge is -2.17. The van der Waals surface area contributed by atoms with Gasteiger partial charge in [-0.2, -0.15) is 15.0 Å². The molecule has 0 aliphatic heterocycles. The average molecular weight is 381 g/mol. The van der Waals surface area contributed by atoms with Gasteiger partial charge in [0.1, 0.15) is 0 Å². The molecule has 2 atom stereocenters. The fourth-order valence-corrected chi connectivity index (χ4v) is 4.18. The maximum atomic E-state index is 4.72. The summed E-state index contributed by atoms with van der Waals surface area (Å²) >= 11 is 1.64. The van der Waals surface area contributed by atoms with Crippen molar-refractivity contribution in [3.8, 4) is 11.4 Å². The molecular weight excluding hydrogens is 356 g/mol. The van der Waals surface area contributed by atoms with E-state index in [1.807, 2.05) is 17.6 Å². The molecule has 27 heavy (non-hydrogen) atoms. The molecule has 5 rings (SSSR count). The third-order valence-electron chi connectivity index (χ3n) is 5.60. The molecule has 6 nitrogen and oxygen atoms in total. The number of hydrogen-bond acceptors (Lipinski definition) is 7. The molecule has 2 fully saturated rings. The summed E-state index contributed by atoms with van der Waals surface area (Å²) in [5, 5.41) is 6.99. The van der Waals surface area contributed by atoms with Gasteiger partial charge < -0.3 is 10.6 Å². The van der Waals surface area contributed by atoms with Crippen LogP contribution in [0.4, 0.5) is 11.9 Å². The zero-order valence-electron chi connectivity index (χ0n) is 15.6. The van der Waals surface area contributed by atoms with Gasteiger partial charge in [-0.05, 0) is 69.6 Å². The molecule has 3 aromatic rings. The number of thiazole rings is 1. The topological polar surface area (TPSA) is 75.6 Å². The van der Waals surface area contributed by atoms with Crippen molar-refractivity contribution in [3.63, 3.8) is 0 Å². The van der Waals surface area contributed by atoms with Crippen LogP contribution in [0.2, 0.25) is 0 Å². The van der Waals surface area contributed by atoms with Gasteiger partial charge in [-0.1, -0.05) is 0 Å². The third kappa shape index (κ3) is 3.74. The number of nitrogens with zero attached hydrogens (tertiary/aromatic N) is 4. The highest BCUT2D eigenvalue weighted by Gasteiger charge is 2.30. The minimum Gasteiger partial charge on any atom is -0.351 e. The normalized spacial score (nSPS) is 19.0. The molecule has 0 amide bonds. The maximum Gasteiger partial charge on any atom is 0.228 e. The van der Waals surface area contributed by atoms with Crippen molar-refractivity contribution in [2.45, 2.75) is 51.6 Å². The van der Waals surface area contributed by atoms with Gasteiger partial charge in [0, 0.05) is 17.6 Å². The van der Waals surface area contributed by atoms with Crippen LogP contribution in [-0.2, 0) is 0 Å². The van der Waals surface area contributed by atoms with Crippen LogP contribution in [0.3, 0.4) is 0 Å². The largest absolute Gasteiger partial charge is 0.351 e. The number of rotatable bonds is 7. The monoisotopic (exact) mass is 380 g/mol. The van der Waals surface area contributed by atoms with Crippen LogP contribution in [0.1, 0.15) is 39.5 Å². The molecule has 2 aliphatic rings. The standard InChI is InChI=1S/C20H24N6S/c1-11(13-3-4-13)22-19-24-18(15-7-8-16-17(9-15)27-10-21-16)25-20(26-19)23-12(2)14-5-6-14/h7-14H,3-6H2,1-2H3,(H2,22,23,24,25,26)/t11-,12-/m1/s1. The first-order valence-corrected chi connectivity index (χ1v) is 10.7. The Kier molecular flexibility index (Phi) is 4.19. The smallest absolute Gasteiger partial charge is 0.228 e. The van der Waals surface area contributed by atoms with Crippen LogP contribution in [0.5, 0.6) is 0 Å². The lowest BCUT2D eigenvalue weighted by atomic mass is 10.2. The molecule has 2 aromatic heterocycles. The van der Waals surface area contributed by atoms with Gasteiger partial charge >= 0.3 is 0 Å². The minimum atomic E-state index is 0.387. The number of nitrogens with one attached hydrogen (secondary N) is 2. The van der Waals surface area contributed by atoms with Crippen molar-refractivity contribution in [1.29, 1.82) is 0 Å². The number of hydrogen-bond donors (Lipinski definition) is 2. The molecule has 2 N–H and O–H groups in total. The highest BCUT2D eigenvalue weighted by atomic mass is 32.1. The third-order valence-corrected chi connectivity index (χ3v) is 6.39. The van der Waals surface area contributed by atoms with Gasteiger partial charge in [0.15, 0.2) is 5.82 Å².